The third-order valence-corrected chi connectivity index (χ3v) is 5.63. The summed E-state index contributed by atoms with van der Waals surface area (Å²) >= 11 is 0. The molecule has 0 bridgehead atoms. The van der Waals surface area contributed by atoms with Crippen LogP contribution < -0.4 is 10.9 Å². The summed E-state index contributed by atoms with van der Waals surface area (Å²) in [7, 11) is 3.28. The van der Waals surface area contributed by atoms with E-state index in [4.69, 9.17) is 4.52 Å². The number of aliphatic hydroxyl groups is 1. The Hall–Kier alpha value is -3.52. The number of hydrogen-bond donors (Lipinski definition) is 2. The van der Waals surface area contributed by atoms with E-state index in [1.54, 1.807) is 53.1 Å². The Morgan fingerprint density at radius 2 is 1.76 bits per heavy atom. The van der Waals surface area contributed by atoms with E-state index >= 15 is 0 Å². The van der Waals surface area contributed by atoms with Crippen LogP contribution >= 0.6 is 0 Å². The molecule has 3 aromatic rings. The Morgan fingerprint density at radius 3 is 2.39 bits per heavy atom. The number of carbonyl (C=O) groups excluding carboxylic acids is 2. The summed E-state index contributed by atoms with van der Waals surface area (Å²) < 4.78 is 4.74. The van der Waals surface area contributed by atoms with Gasteiger partial charge in [-0.3, -0.25) is 9.59 Å². The van der Waals surface area contributed by atoms with Gasteiger partial charge < -0.3 is 19.8 Å². The first-order valence-corrected chi connectivity index (χ1v) is 10.6. The van der Waals surface area contributed by atoms with E-state index in [-0.39, 0.29) is 18.7 Å². The number of rotatable bonds is 7. The topological polar surface area (TPSA) is 113 Å². The van der Waals surface area contributed by atoms with Crippen molar-refractivity contribution in [1.29, 1.82) is 0 Å². The van der Waals surface area contributed by atoms with Crippen molar-refractivity contribution in [1.82, 2.24) is 10.1 Å². The number of amides is 2. The lowest BCUT2D eigenvalue weighted by Crippen LogP contribution is -2.51. The van der Waals surface area contributed by atoms with Crippen molar-refractivity contribution >= 4 is 28.3 Å². The maximum Gasteiger partial charge on any atom is 0.366 e. The Balaban J connectivity index is 1.96. The van der Waals surface area contributed by atoms with Crippen LogP contribution in [0.25, 0.3) is 10.8 Å². The number of fused-ring (bicyclic) bond motifs is 1. The lowest BCUT2D eigenvalue weighted by Gasteiger charge is -2.36. The average Bonchev–Trinajstić information content (AvgIpc) is 2.76. The van der Waals surface area contributed by atoms with E-state index in [9.17, 15) is 19.5 Å². The van der Waals surface area contributed by atoms with Crippen molar-refractivity contribution in [2.45, 2.75) is 39.2 Å². The van der Waals surface area contributed by atoms with E-state index in [1.807, 2.05) is 30.3 Å². The van der Waals surface area contributed by atoms with E-state index < -0.39 is 22.5 Å². The van der Waals surface area contributed by atoms with Crippen LogP contribution in [0.5, 0.6) is 0 Å². The number of aryl methyl sites for hydroxylation is 1. The molecule has 3 rings (SSSR count). The number of anilines is 1. The SMILES string of the molecule is Cc1noc(=O)c2ccc(NC(=O)C(O)(Cc3ccccc3)CC(C)(C)C(=O)N(C)C)cc12. The van der Waals surface area contributed by atoms with Crippen LogP contribution in [0.2, 0.25) is 0 Å². The van der Waals surface area contributed by atoms with Gasteiger partial charge in [0.2, 0.25) is 5.91 Å². The highest BCUT2D eigenvalue weighted by Crippen LogP contribution is 2.33. The van der Waals surface area contributed by atoms with Crippen LogP contribution in [-0.2, 0) is 16.0 Å². The molecule has 1 unspecified atom stereocenters. The van der Waals surface area contributed by atoms with Crippen molar-refractivity contribution < 1.29 is 19.2 Å². The highest BCUT2D eigenvalue weighted by Gasteiger charge is 2.44. The summed E-state index contributed by atoms with van der Waals surface area (Å²) in [4.78, 5) is 39.5. The molecule has 2 aromatic carbocycles. The van der Waals surface area contributed by atoms with Gasteiger partial charge in [-0.25, -0.2) is 4.79 Å². The standard InChI is InChI=1S/C25H29N3O5/c1-16-20-13-18(11-12-19(20)21(29)33-27-16)26-22(30)25(32,14-17-9-7-6-8-10-17)15-24(2,3)23(31)28(4)5/h6-13,32H,14-15H2,1-5H3,(H,26,30). The predicted octanol–water partition coefficient (Wildman–Crippen LogP) is 2.91. The Kier molecular flexibility index (Phi) is 6.69. The number of benzene rings is 2. The van der Waals surface area contributed by atoms with Crippen LogP contribution in [0.3, 0.4) is 0 Å². The summed E-state index contributed by atoms with van der Waals surface area (Å²) in [6.07, 6.45) is -0.0585. The quantitative estimate of drug-likeness (QED) is 0.571. The molecule has 8 nitrogen and oxygen atoms in total. The molecular weight excluding hydrogens is 422 g/mol. The molecule has 8 heteroatoms. The van der Waals surface area contributed by atoms with Crippen molar-refractivity contribution in [3.8, 4) is 0 Å². The van der Waals surface area contributed by atoms with Gasteiger partial charge in [0, 0.05) is 37.0 Å². The lowest BCUT2D eigenvalue weighted by atomic mass is 9.76. The highest BCUT2D eigenvalue weighted by molar-refractivity contribution is 6.00. The number of carbonyl (C=O) groups is 2. The minimum atomic E-state index is -1.87. The molecule has 0 fully saturated rings. The zero-order valence-corrected chi connectivity index (χ0v) is 19.5. The first-order chi connectivity index (χ1) is 15.4. The van der Waals surface area contributed by atoms with E-state index in [2.05, 4.69) is 10.5 Å². The molecule has 1 aromatic heterocycles. The summed E-state index contributed by atoms with van der Waals surface area (Å²) in [5, 5.41) is 19.0. The van der Waals surface area contributed by atoms with Gasteiger partial charge >= 0.3 is 5.63 Å². The van der Waals surface area contributed by atoms with Crippen molar-refractivity contribution in [3.63, 3.8) is 0 Å². The lowest BCUT2D eigenvalue weighted by molar-refractivity contribution is -0.146. The van der Waals surface area contributed by atoms with Crippen LogP contribution in [0.4, 0.5) is 5.69 Å². The fourth-order valence-electron chi connectivity index (χ4n) is 4.12. The minimum Gasteiger partial charge on any atom is -0.380 e. The van der Waals surface area contributed by atoms with Gasteiger partial charge in [0.05, 0.1) is 11.1 Å². The van der Waals surface area contributed by atoms with E-state index in [0.717, 1.165) is 5.56 Å². The molecule has 33 heavy (non-hydrogen) atoms. The largest absolute Gasteiger partial charge is 0.380 e. The molecule has 1 atom stereocenters. The monoisotopic (exact) mass is 451 g/mol. The first-order valence-electron chi connectivity index (χ1n) is 10.6. The summed E-state index contributed by atoms with van der Waals surface area (Å²) in [6.45, 7) is 5.11. The fraction of sp³-hybridized carbons (Fsp3) is 0.360. The Labute approximate surface area is 192 Å². The fourth-order valence-corrected chi connectivity index (χ4v) is 4.12. The molecular formula is C25H29N3O5. The second kappa shape index (κ2) is 9.15. The number of aromatic nitrogens is 1. The van der Waals surface area contributed by atoms with Gasteiger partial charge in [-0.05, 0) is 37.1 Å². The molecule has 0 aliphatic rings. The van der Waals surface area contributed by atoms with Crippen molar-refractivity contribution in [2.75, 3.05) is 19.4 Å². The second-order valence-electron chi connectivity index (χ2n) is 9.22. The third-order valence-electron chi connectivity index (χ3n) is 5.63. The van der Waals surface area contributed by atoms with Gasteiger partial charge in [0.1, 0.15) is 5.60 Å². The van der Waals surface area contributed by atoms with Gasteiger partial charge in [0.15, 0.2) is 0 Å². The molecule has 0 aliphatic heterocycles. The molecule has 1 heterocycles. The third kappa shape index (κ3) is 5.28. The molecule has 0 saturated carbocycles. The van der Waals surface area contributed by atoms with Crippen LogP contribution in [0.1, 0.15) is 31.5 Å². The van der Waals surface area contributed by atoms with E-state index in [1.165, 1.54) is 4.90 Å². The number of nitrogens with one attached hydrogen (secondary N) is 1. The zero-order chi connectivity index (χ0) is 24.4. The normalized spacial score (nSPS) is 13.4. The summed E-state index contributed by atoms with van der Waals surface area (Å²) in [5.74, 6) is -0.833. The first kappa shape index (κ1) is 24.1. The van der Waals surface area contributed by atoms with Crippen molar-refractivity contribution in [2.24, 2.45) is 5.41 Å². The number of nitrogens with zero attached hydrogens (tertiary/aromatic N) is 2. The molecule has 2 N–H and O–H groups in total. The maximum atomic E-state index is 13.4. The zero-order valence-electron chi connectivity index (χ0n) is 19.5. The number of hydrogen-bond acceptors (Lipinski definition) is 6. The molecule has 0 spiro atoms. The Morgan fingerprint density at radius 1 is 1.09 bits per heavy atom. The molecule has 2 amide bonds. The minimum absolute atomic E-state index is 0.0293. The van der Waals surface area contributed by atoms with Gasteiger partial charge in [-0.2, -0.15) is 0 Å². The van der Waals surface area contributed by atoms with E-state index in [0.29, 0.717) is 22.2 Å². The molecule has 174 valence electrons. The Bertz CT molecular complexity index is 1230. The molecule has 0 aliphatic carbocycles. The summed E-state index contributed by atoms with van der Waals surface area (Å²) in [5.41, 5.74) is -1.77. The van der Waals surface area contributed by atoms with Crippen LogP contribution in [-0.4, -0.2) is 46.7 Å². The molecule has 0 radical (unpaired) electrons. The van der Waals surface area contributed by atoms with Crippen LogP contribution in [0.15, 0.2) is 57.8 Å². The smallest absolute Gasteiger partial charge is 0.366 e. The summed E-state index contributed by atoms with van der Waals surface area (Å²) in [6, 6.07) is 13.9. The van der Waals surface area contributed by atoms with Gasteiger partial charge in [-0.15, -0.1) is 0 Å². The van der Waals surface area contributed by atoms with Crippen molar-refractivity contribution in [3.05, 3.63) is 70.2 Å². The highest BCUT2D eigenvalue weighted by atomic mass is 16.5. The van der Waals surface area contributed by atoms with Crippen LogP contribution in [0, 0.1) is 12.3 Å². The molecule has 0 saturated heterocycles. The maximum absolute atomic E-state index is 13.4. The predicted molar refractivity (Wildman–Crippen MR) is 126 cm³/mol. The second-order valence-corrected chi connectivity index (χ2v) is 9.22. The average molecular weight is 452 g/mol. The van der Waals surface area contributed by atoms with Gasteiger partial charge in [-0.1, -0.05) is 49.3 Å². The van der Waals surface area contributed by atoms with Gasteiger partial charge in [0.25, 0.3) is 5.91 Å².